The van der Waals surface area contributed by atoms with Gasteiger partial charge in [-0.05, 0) is 12.3 Å². The van der Waals surface area contributed by atoms with Crippen LogP contribution in [0.25, 0.3) is 0 Å². The van der Waals surface area contributed by atoms with Crippen LogP contribution in [0.4, 0.5) is 0 Å². The van der Waals surface area contributed by atoms with Gasteiger partial charge in [-0.3, -0.25) is 4.79 Å². The molecule has 0 amide bonds. The number of Topliss-reactive ketones (excluding diaryl/α,β-unsaturated/α-hetero) is 1. The summed E-state index contributed by atoms with van der Waals surface area (Å²) in [4.78, 5) is 12.1. The van der Waals surface area contributed by atoms with Crippen LogP contribution in [0.15, 0.2) is 0 Å². The monoisotopic (exact) mass is 307 g/mol. The average molecular weight is 307 g/mol. The van der Waals surface area contributed by atoms with Crippen molar-refractivity contribution < 1.29 is 22.2 Å². The molecule has 0 aliphatic heterocycles. The van der Waals surface area contributed by atoms with E-state index >= 15 is 0 Å². The van der Waals surface area contributed by atoms with Gasteiger partial charge in [0.1, 0.15) is 6.54 Å². The lowest BCUT2D eigenvalue weighted by Crippen LogP contribution is -2.42. The van der Waals surface area contributed by atoms with Crippen LogP contribution in [0, 0.1) is 11.8 Å². The van der Waals surface area contributed by atoms with E-state index in [1.165, 1.54) is 0 Å². The molecule has 0 saturated carbocycles. The Morgan fingerprint density at radius 1 is 1.10 bits per heavy atom. The molecule has 1 atom stereocenters. The summed E-state index contributed by atoms with van der Waals surface area (Å²) in [6, 6.07) is 0. The molecule has 0 rings (SSSR count). The van der Waals surface area contributed by atoms with Crippen molar-refractivity contribution in [1.82, 2.24) is 0 Å². The molecule has 0 fully saturated rings. The third-order valence-corrected chi connectivity index (χ3v) is 3.89. The van der Waals surface area contributed by atoms with Gasteiger partial charge in [0, 0.05) is 11.7 Å². The van der Waals surface area contributed by atoms with Crippen molar-refractivity contribution in [1.29, 1.82) is 0 Å². The molecule has 0 radical (unpaired) electrons. The van der Waals surface area contributed by atoms with E-state index in [9.17, 15) is 17.8 Å². The smallest absolute Gasteiger partial charge is 0.190 e. The van der Waals surface area contributed by atoms with Crippen LogP contribution >= 0.6 is 0 Å². The minimum Gasteiger partial charge on any atom is -0.748 e. The van der Waals surface area contributed by atoms with E-state index in [1.807, 2.05) is 21.1 Å². The Bertz CT molecular complexity index is 396. The zero-order valence-corrected chi connectivity index (χ0v) is 14.2. The predicted molar refractivity (Wildman–Crippen MR) is 79.3 cm³/mol. The molecule has 0 heterocycles. The molecule has 5 nitrogen and oxygen atoms in total. The highest BCUT2D eigenvalue weighted by molar-refractivity contribution is 7.85. The Labute approximate surface area is 123 Å². The van der Waals surface area contributed by atoms with Gasteiger partial charge in [-0.2, -0.15) is 0 Å². The maximum absolute atomic E-state index is 12.1. The van der Waals surface area contributed by atoms with Crippen LogP contribution in [0.5, 0.6) is 0 Å². The third-order valence-electron chi connectivity index (χ3n) is 3.07. The molecule has 6 heteroatoms. The summed E-state index contributed by atoms with van der Waals surface area (Å²) in [7, 11) is 1.27. The number of carbonyl (C=O) groups excluding carboxylic acids is 1. The highest BCUT2D eigenvalue weighted by atomic mass is 32.2. The van der Waals surface area contributed by atoms with Crippen LogP contribution < -0.4 is 0 Å². The average Bonchev–Trinajstić information content (AvgIpc) is 2.17. The lowest BCUT2D eigenvalue weighted by molar-refractivity contribution is -0.862. The Balaban J connectivity index is 4.53. The first kappa shape index (κ1) is 19.5. The van der Waals surface area contributed by atoms with E-state index in [0.29, 0.717) is 16.8 Å². The molecule has 0 spiro atoms. The van der Waals surface area contributed by atoms with Crippen molar-refractivity contribution in [3.05, 3.63) is 0 Å². The van der Waals surface area contributed by atoms with Gasteiger partial charge in [0.05, 0.1) is 31.3 Å². The number of hydrogen-bond acceptors (Lipinski definition) is 4. The maximum Gasteiger partial charge on any atom is 0.190 e. The van der Waals surface area contributed by atoms with Crippen LogP contribution in [-0.2, 0) is 14.9 Å². The van der Waals surface area contributed by atoms with Crippen molar-refractivity contribution in [2.45, 2.75) is 39.5 Å². The second-order valence-electron chi connectivity index (χ2n) is 7.01. The maximum atomic E-state index is 12.1. The first-order valence-corrected chi connectivity index (χ1v) is 8.75. The molecule has 0 aliphatic carbocycles. The standard InChI is InChI=1S/C14H29NO4S/c1-12(2)8-6-7-9-13(11-20(17,18)19)14(16)10-15(3,4)5/h12-13H,6-11H2,1-5H3. The van der Waals surface area contributed by atoms with Gasteiger partial charge in [0.15, 0.2) is 5.78 Å². The van der Waals surface area contributed by atoms with Crippen molar-refractivity contribution in [2.75, 3.05) is 33.4 Å². The Morgan fingerprint density at radius 3 is 2.00 bits per heavy atom. The fourth-order valence-electron chi connectivity index (χ4n) is 2.12. The van der Waals surface area contributed by atoms with Gasteiger partial charge in [0.25, 0.3) is 0 Å². The van der Waals surface area contributed by atoms with Crippen LogP contribution in [-0.4, -0.2) is 56.7 Å². The molecule has 0 aliphatic rings. The molecule has 0 aromatic carbocycles. The molecule has 0 aromatic rings. The third kappa shape index (κ3) is 11.4. The van der Waals surface area contributed by atoms with Gasteiger partial charge in [-0.15, -0.1) is 0 Å². The molecular formula is C14H29NO4S. The summed E-state index contributed by atoms with van der Waals surface area (Å²) in [5, 5.41) is 0. The number of likely N-dealkylation sites (N-methyl/N-ethyl adjacent to an activating group) is 1. The van der Waals surface area contributed by atoms with Gasteiger partial charge in [-0.1, -0.05) is 33.1 Å². The highest BCUT2D eigenvalue weighted by Gasteiger charge is 2.25. The molecule has 0 N–H and O–H groups in total. The molecule has 120 valence electrons. The molecule has 0 bridgehead atoms. The van der Waals surface area contributed by atoms with Crippen LogP contribution in [0.2, 0.25) is 0 Å². The van der Waals surface area contributed by atoms with Gasteiger partial charge >= 0.3 is 0 Å². The number of hydrogen-bond donors (Lipinski definition) is 0. The van der Waals surface area contributed by atoms with Crippen molar-refractivity contribution >= 4 is 15.9 Å². The number of nitrogens with zero attached hydrogens (tertiary/aromatic N) is 1. The Hall–Kier alpha value is -0.460. The van der Waals surface area contributed by atoms with E-state index in [0.717, 1.165) is 19.3 Å². The number of quaternary nitrogens is 1. The van der Waals surface area contributed by atoms with Gasteiger partial charge < -0.3 is 9.04 Å². The van der Waals surface area contributed by atoms with E-state index in [1.54, 1.807) is 0 Å². The molecular weight excluding hydrogens is 278 g/mol. The van der Waals surface area contributed by atoms with Crippen molar-refractivity contribution in [2.24, 2.45) is 11.8 Å². The summed E-state index contributed by atoms with van der Waals surface area (Å²) in [6.07, 6.45) is 3.30. The number of rotatable bonds is 10. The number of ketones is 1. The molecule has 20 heavy (non-hydrogen) atoms. The predicted octanol–water partition coefficient (Wildman–Crippen LogP) is 1.64. The SMILES string of the molecule is CC(C)CCCCC(CS(=O)(=O)[O-])C(=O)C[N+](C)(C)C. The number of unbranched alkanes of at least 4 members (excludes halogenated alkanes) is 1. The number of carbonyl (C=O) groups is 1. The second kappa shape index (κ2) is 8.10. The summed E-state index contributed by atoms with van der Waals surface area (Å²) < 4.78 is 33.3. The largest absolute Gasteiger partial charge is 0.748 e. The fourth-order valence-corrected chi connectivity index (χ4v) is 2.97. The lowest BCUT2D eigenvalue weighted by atomic mass is 9.96. The lowest BCUT2D eigenvalue weighted by Gasteiger charge is -2.26. The molecule has 0 aromatic heterocycles. The Morgan fingerprint density at radius 2 is 1.60 bits per heavy atom. The fraction of sp³-hybridized carbons (Fsp3) is 0.929. The summed E-state index contributed by atoms with van der Waals surface area (Å²) in [5.41, 5.74) is 0. The minimum absolute atomic E-state index is 0.124. The highest BCUT2D eigenvalue weighted by Crippen LogP contribution is 2.16. The van der Waals surface area contributed by atoms with Gasteiger partial charge in [0.2, 0.25) is 0 Å². The molecule has 0 saturated heterocycles. The summed E-state index contributed by atoms with van der Waals surface area (Å²) in [5.74, 6) is -0.741. The summed E-state index contributed by atoms with van der Waals surface area (Å²) >= 11 is 0. The van der Waals surface area contributed by atoms with E-state index in [-0.39, 0.29) is 12.3 Å². The van der Waals surface area contributed by atoms with Crippen molar-refractivity contribution in [3.8, 4) is 0 Å². The minimum atomic E-state index is -4.36. The van der Waals surface area contributed by atoms with E-state index in [2.05, 4.69) is 13.8 Å². The van der Waals surface area contributed by atoms with Crippen LogP contribution in [0.1, 0.15) is 39.5 Å². The van der Waals surface area contributed by atoms with Crippen LogP contribution in [0.3, 0.4) is 0 Å². The molecule has 1 unspecified atom stereocenters. The van der Waals surface area contributed by atoms with Gasteiger partial charge in [-0.25, -0.2) is 8.42 Å². The van der Waals surface area contributed by atoms with E-state index in [4.69, 9.17) is 0 Å². The first-order chi connectivity index (χ1) is 8.91. The Kier molecular flexibility index (Phi) is 7.91. The van der Waals surface area contributed by atoms with E-state index < -0.39 is 21.8 Å². The summed E-state index contributed by atoms with van der Waals surface area (Å²) in [6.45, 7) is 4.51. The normalized spacial score (nSPS) is 14.6. The first-order valence-electron chi connectivity index (χ1n) is 7.17. The van der Waals surface area contributed by atoms with Crippen molar-refractivity contribution in [3.63, 3.8) is 0 Å². The topological polar surface area (TPSA) is 74.3 Å². The zero-order valence-electron chi connectivity index (χ0n) is 13.4. The zero-order chi connectivity index (χ0) is 16.0. The quantitative estimate of drug-likeness (QED) is 0.349. The second-order valence-corrected chi connectivity index (χ2v) is 8.46.